The van der Waals surface area contributed by atoms with E-state index in [0.29, 0.717) is 77.3 Å². The molecule has 9 amide bonds. The fraction of sp³-hybridized carbons (Fsp3) is 0.617. The van der Waals surface area contributed by atoms with Gasteiger partial charge in [0.15, 0.2) is 5.96 Å². The largest absolute Gasteiger partial charge is 0.483 e. The Morgan fingerprint density at radius 3 is 1.70 bits per heavy atom. The van der Waals surface area contributed by atoms with E-state index in [1.165, 1.54) is 24.3 Å². The van der Waals surface area contributed by atoms with Crippen LogP contribution < -0.4 is 49.5 Å². The second kappa shape index (κ2) is 38.9. The minimum atomic E-state index is -1.87. The molecule has 2 aliphatic rings. The topological polar surface area (TPSA) is 485 Å². The van der Waals surface area contributed by atoms with Gasteiger partial charge < -0.3 is 89.6 Å². The number of carbonyl (C=O) groups excluding carboxylic acids is 9. The fourth-order valence-corrected chi connectivity index (χ4v) is 8.34. The number of benzene rings is 1. The predicted octanol–water partition coefficient (Wildman–Crippen LogP) is -9.00. The molecule has 18 N–H and O–H groups in total. The van der Waals surface area contributed by atoms with E-state index in [2.05, 4.69) is 36.5 Å². The number of nitrogens with zero attached hydrogens (tertiary/aromatic N) is 7. The molecule has 1 aromatic rings. The molecular formula is C47H79BN16O16Pb. The number of carboxylic acid groups (broad SMARTS) is 2. The van der Waals surface area contributed by atoms with Crippen LogP contribution in [0.3, 0.4) is 0 Å². The number of aliphatic hydroxyl groups is 1. The Kier molecular flexibility index (Phi) is 34.8. The first kappa shape index (κ1) is 72.4. The summed E-state index contributed by atoms with van der Waals surface area (Å²) in [5, 5.41) is 57.8. The molecular weight excluding hydrogens is 1260 g/mol. The number of β-amino-alcohol motifs (C(OH)–C–C–N with tert-alkyl or cyclic N) is 1. The minimum Gasteiger partial charge on any atom is -0.483 e. The van der Waals surface area contributed by atoms with Gasteiger partial charge in [-0.05, 0) is 49.9 Å². The Hall–Kier alpha value is -6.63. The molecule has 2 saturated heterocycles. The summed E-state index contributed by atoms with van der Waals surface area (Å²) in [5.74, 6) is -8.08. The molecule has 2 heterocycles. The molecule has 0 aliphatic carbocycles. The number of carboxylic acids is 1. The number of likely N-dealkylation sites (tertiary alicyclic amines) is 1. The van der Waals surface area contributed by atoms with E-state index in [-0.39, 0.29) is 104 Å². The van der Waals surface area contributed by atoms with Crippen molar-refractivity contribution in [2.45, 2.75) is 69.2 Å². The maximum absolute atomic E-state index is 13.6. The normalized spacial score (nSPS) is 17.3. The molecule has 4 unspecified atom stereocenters. The zero-order chi connectivity index (χ0) is 59.9. The summed E-state index contributed by atoms with van der Waals surface area (Å²) in [6, 6.07) is 3.06. The van der Waals surface area contributed by atoms with Gasteiger partial charge in [-0.15, -0.1) is 0 Å². The molecule has 3 rings (SSSR count). The van der Waals surface area contributed by atoms with Gasteiger partial charge in [0.25, 0.3) is 12.4 Å². The van der Waals surface area contributed by atoms with Crippen LogP contribution >= 0.6 is 0 Å². The van der Waals surface area contributed by atoms with Crippen LogP contribution in [-0.4, -0.2) is 304 Å². The van der Waals surface area contributed by atoms with Crippen molar-refractivity contribution in [2.75, 3.05) is 119 Å². The maximum atomic E-state index is 13.6. The average molecular weight is 1340 g/mol. The first-order valence-corrected chi connectivity index (χ1v) is 25.7. The fourth-order valence-electron chi connectivity index (χ4n) is 8.34. The molecule has 32 nitrogen and oxygen atoms in total. The monoisotopic (exact) mass is 1340 g/mol. The SMILES string of the molecule is CN(C)C(N)=NCCCC(NC(=O)CCCN1CCN(CC(N)=O)CCN(CC(N)=O)CCN(CC(N)=O)CC1)C(=O)NCC(=O)NC(CC(=O)O)C(=O)NCc1ccc(C(=O)NCC(=O)N2CC(O)CC2B(O)O)cc1.O=CO.[Pb]. The molecule has 4 atom stereocenters. The first-order chi connectivity index (χ1) is 37.8. The number of carbonyl (C=O) groups is 11. The van der Waals surface area contributed by atoms with Crippen molar-refractivity contribution in [3.05, 3.63) is 35.4 Å². The van der Waals surface area contributed by atoms with Crippen molar-refractivity contribution in [3.63, 3.8) is 0 Å². The Morgan fingerprint density at radius 2 is 1.22 bits per heavy atom. The van der Waals surface area contributed by atoms with Gasteiger partial charge in [-0.2, -0.15) is 0 Å². The van der Waals surface area contributed by atoms with Gasteiger partial charge in [0, 0.05) is 125 Å². The number of aliphatic imine (C=N–C) groups is 1. The number of nitrogens with one attached hydrogen (secondary N) is 5. The smallest absolute Gasteiger partial charge is 0.475 e. The van der Waals surface area contributed by atoms with Crippen LogP contribution in [0, 0.1) is 0 Å². The molecule has 0 spiro atoms. The molecule has 2 fully saturated rings. The van der Waals surface area contributed by atoms with Crippen molar-refractivity contribution < 1.29 is 78.1 Å². The van der Waals surface area contributed by atoms with Crippen LogP contribution in [0.2, 0.25) is 0 Å². The van der Waals surface area contributed by atoms with Gasteiger partial charge in [0.2, 0.25) is 47.3 Å². The Labute approximate surface area is 489 Å². The van der Waals surface area contributed by atoms with Gasteiger partial charge in [-0.25, -0.2) is 0 Å². The first-order valence-electron chi connectivity index (χ1n) is 25.7. The zero-order valence-corrected chi connectivity index (χ0v) is 49.6. The van der Waals surface area contributed by atoms with E-state index in [1.807, 2.05) is 14.7 Å². The van der Waals surface area contributed by atoms with Crippen molar-refractivity contribution in [1.82, 2.24) is 56.0 Å². The Balaban J connectivity index is 0.00000801. The third-order valence-electron chi connectivity index (χ3n) is 12.5. The summed E-state index contributed by atoms with van der Waals surface area (Å²) in [7, 11) is 1.53. The molecule has 450 valence electrons. The number of rotatable bonds is 28. The van der Waals surface area contributed by atoms with Gasteiger partial charge in [-0.1, -0.05) is 12.1 Å². The van der Waals surface area contributed by atoms with Crippen molar-refractivity contribution in [1.29, 1.82) is 0 Å². The zero-order valence-electron chi connectivity index (χ0n) is 45.7. The number of guanidine groups is 1. The third kappa shape index (κ3) is 30.1. The molecule has 0 aromatic heterocycles. The van der Waals surface area contributed by atoms with E-state index in [1.54, 1.807) is 19.0 Å². The van der Waals surface area contributed by atoms with Crippen LogP contribution in [0.5, 0.6) is 0 Å². The van der Waals surface area contributed by atoms with Gasteiger partial charge >= 0.3 is 13.1 Å². The molecule has 81 heavy (non-hydrogen) atoms. The molecule has 2 aliphatic heterocycles. The quantitative estimate of drug-likeness (QED) is 0.0122. The van der Waals surface area contributed by atoms with Crippen LogP contribution in [0.1, 0.15) is 54.4 Å². The third-order valence-corrected chi connectivity index (χ3v) is 12.5. The second-order valence-electron chi connectivity index (χ2n) is 19.1. The average Bonchev–Trinajstić information content (AvgIpc) is 3.79. The van der Waals surface area contributed by atoms with E-state index in [4.69, 9.17) is 32.8 Å². The summed E-state index contributed by atoms with van der Waals surface area (Å²) in [6.07, 6.45) is -1.12. The van der Waals surface area contributed by atoms with Crippen LogP contribution in [0.25, 0.3) is 0 Å². The van der Waals surface area contributed by atoms with Gasteiger partial charge in [0.05, 0.1) is 51.2 Å². The van der Waals surface area contributed by atoms with Crippen molar-refractivity contribution in [3.8, 4) is 0 Å². The summed E-state index contributed by atoms with van der Waals surface area (Å²) in [4.78, 5) is 149. The minimum absolute atomic E-state index is 0. The van der Waals surface area contributed by atoms with E-state index in [0.717, 1.165) is 4.90 Å². The van der Waals surface area contributed by atoms with Gasteiger partial charge in [-0.3, -0.25) is 72.4 Å². The number of hydrogen-bond donors (Lipinski definition) is 14. The molecule has 0 saturated carbocycles. The number of aliphatic carboxylic acids is 1. The summed E-state index contributed by atoms with van der Waals surface area (Å²) in [6.45, 7) is 2.12. The Bertz CT molecular complexity index is 2240. The summed E-state index contributed by atoms with van der Waals surface area (Å²) in [5.41, 5.74) is 23.1. The van der Waals surface area contributed by atoms with Crippen LogP contribution in [0.15, 0.2) is 29.3 Å². The van der Waals surface area contributed by atoms with E-state index < -0.39 is 110 Å². The maximum Gasteiger partial charge on any atom is 0.475 e. The standard InChI is InChI=1S/C46H77BN16O14.CH2O2.Pb/c1-58(2)46(51)52-11-3-5-33(56-39(68)6-4-12-59-13-15-60(27-36(48)65)17-19-62(29-38(50)67)20-18-61(16-14-59)28-37(49)66)44(74)54-24-40(69)57-34(22-42(71)72)45(75)53-23-30-7-9-31(10-8-30)43(73)55-25-41(70)63-26-32(64)21-35(63)47(76)77;2-1-3;/h7-10,32-35,64,76-77H,3-6,11-29H2,1-2H3,(H2,48,65)(H2,49,66)(H2,50,67)(H2,51,52)(H,53,75)(H,54,74)(H,55,73)(H,56,68)(H,57,69)(H,71,72);1H,(H,2,3);. The molecule has 34 heteroatoms. The number of aliphatic hydroxyl groups excluding tert-OH is 1. The molecule has 0 bridgehead atoms. The number of hydrogen-bond acceptors (Lipinski definition) is 19. The predicted molar refractivity (Wildman–Crippen MR) is 292 cm³/mol. The second-order valence-corrected chi connectivity index (χ2v) is 19.1. The van der Waals surface area contributed by atoms with E-state index >= 15 is 0 Å². The van der Waals surface area contributed by atoms with Crippen molar-refractivity contribution >= 4 is 106 Å². The van der Waals surface area contributed by atoms with Crippen LogP contribution in [0.4, 0.5) is 0 Å². The summed E-state index contributed by atoms with van der Waals surface area (Å²) >= 11 is 0. The number of amides is 9. The molecule has 1 aromatic carbocycles. The van der Waals surface area contributed by atoms with E-state index in [9.17, 15) is 68.2 Å². The van der Waals surface area contributed by atoms with Gasteiger partial charge in [0.1, 0.15) is 12.1 Å². The number of nitrogens with two attached hydrogens (primary N) is 4. The number of primary amides is 3. The summed E-state index contributed by atoms with van der Waals surface area (Å²) < 4.78 is 0. The Morgan fingerprint density at radius 1 is 0.728 bits per heavy atom. The van der Waals surface area contributed by atoms with Crippen molar-refractivity contribution in [2.24, 2.45) is 27.9 Å². The molecule has 4 radical (unpaired) electrons. The van der Waals surface area contributed by atoms with Crippen LogP contribution in [-0.2, 0) is 54.5 Å².